The Bertz CT molecular complexity index is 572. The zero-order valence-electron chi connectivity index (χ0n) is 13.4. The summed E-state index contributed by atoms with van der Waals surface area (Å²) in [6.07, 6.45) is 3.07. The number of hydrogen-bond donors (Lipinski definition) is 0. The second kappa shape index (κ2) is 6.16. The highest BCUT2D eigenvalue weighted by atomic mass is 19.3. The summed E-state index contributed by atoms with van der Waals surface area (Å²) in [6.45, 7) is 3.37. The number of alkyl halides is 2. The minimum Gasteiger partial charge on any atom is -0.380 e. The summed E-state index contributed by atoms with van der Waals surface area (Å²) in [4.78, 5) is 19.7. The number of amides is 1. The molecule has 0 unspecified atom stereocenters. The third kappa shape index (κ3) is 3.37. The maximum atomic E-state index is 13.7. The van der Waals surface area contributed by atoms with E-state index in [9.17, 15) is 13.6 Å². The van der Waals surface area contributed by atoms with E-state index >= 15 is 0 Å². The number of hydrogen-bond acceptors (Lipinski definition) is 4. The number of ether oxygens (including phenoxy) is 1. The molecule has 0 bridgehead atoms. The van der Waals surface area contributed by atoms with Crippen LogP contribution in [0.2, 0.25) is 0 Å². The Morgan fingerprint density at radius 1 is 1.48 bits per heavy atom. The molecule has 0 saturated carbocycles. The number of halogens is 2. The summed E-state index contributed by atoms with van der Waals surface area (Å²) in [5.74, 6) is -2.82. The lowest BCUT2D eigenvalue weighted by Crippen LogP contribution is -2.62. The second-order valence-electron chi connectivity index (χ2n) is 6.33. The standard InChI is InChI=1S/C15H22F2N4O2/c1-3-23-8-11-4-15(16,17)9-21(11)12-5-20(6-12)14(22)13-7-19(2)10-18-13/h7,10-12H,3-6,8-9H2,1-2H3/t11-/m0/s1. The largest absolute Gasteiger partial charge is 0.380 e. The van der Waals surface area contributed by atoms with Crippen LogP contribution < -0.4 is 0 Å². The average Bonchev–Trinajstić information content (AvgIpc) is 2.98. The quantitative estimate of drug-likeness (QED) is 0.809. The molecule has 128 valence electrons. The second-order valence-corrected chi connectivity index (χ2v) is 6.33. The fourth-order valence-corrected chi connectivity index (χ4v) is 3.27. The van der Waals surface area contributed by atoms with Crippen molar-refractivity contribution in [3.05, 3.63) is 18.2 Å². The van der Waals surface area contributed by atoms with Gasteiger partial charge in [-0.3, -0.25) is 9.69 Å². The van der Waals surface area contributed by atoms with E-state index in [0.29, 0.717) is 32.0 Å². The van der Waals surface area contributed by atoms with E-state index in [1.807, 2.05) is 6.92 Å². The molecular weight excluding hydrogens is 306 g/mol. The lowest BCUT2D eigenvalue weighted by molar-refractivity contribution is -0.0149. The molecule has 6 nitrogen and oxygen atoms in total. The van der Waals surface area contributed by atoms with Crippen molar-refractivity contribution in [3.8, 4) is 0 Å². The van der Waals surface area contributed by atoms with Crippen LogP contribution in [0.1, 0.15) is 23.8 Å². The molecule has 0 aliphatic carbocycles. The summed E-state index contributed by atoms with van der Waals surface area (Å²) >= 11 is 0. The first-order valence-electron chi connectivity index (χ1n) is 7.88. The van der Waals surface area contributed by atoms with Crippen molar-refractivity contribution in [1.82, 2.24) is 19.4 Å². The Balaban J connectivity index is 1.58. The minimum absolute atomic E-state index is 0.0264. The minimum atomic E-state index is -2.67. The van der Waals surface area contributed by atoms with Crippen LogP contribution in [0.3, 0.4) is 0 Å². The van der Waals surface area contributed by atoms with Gasteiger partial charge in [-0.1, -0.05) is 0 Å². The van der Waals surface area contributed by atoms with E-state index in [-0.39, 0.29) is 31.0 Å². The van der Waals surface area contributed by atoms with Crippen LogP contribution in [-0.4, -0.2) is 76.1 Å². The molecule has 3 heterocycles. The number of nitrogens with zero attached hydrogens (tertiary/aromatic N) is 4. The summed E-state index contributed by atoms with van der Waals surface area (Å²) in [5.41, 5.74) is 0.392. The number of carbonyl (C=O) groups excluding carboxylic acids is 1. The molecule has 1 aromatic rings. The smallest absolute Gasteiger partial charge is 0.274 e. The van der Waals surface area contributed by atoms with Crippen molar-refractivity contribution in [3.63, 3.8) is 0 Å². The van der Waals surface area contributed by atoms with Gasteiger partial charge in [0.1, 0.15) is 5.69 Å². The van der Waals surface area contributed by atoms with Crippen molar-refractivity contribution in [2.75, 3.05) is 32.8 Å². The third-order valence-electron chi connectivity index (χ3n) is 4.47. The van der Waals surface area contributed by atoms with Gasteiger partial charge in [0.2, 0.25) is 0 Å². The molecule has 2 saturated heterocycles. The van der Waals surface area contributed by atoms with Crippen molar-refractivity contribution in [1.29, 1.82) is 0 Å². The van der Waals surface area contributed by atoms with Gasteiger partial charge in [0.15, 0.2) is 0 Å². The van der Waals surface area contributed by atoms with E-state index in [1.165, 1.54) is 0 Å². The third-order valence-corrected chi connectivity index (χ3v) is 4.47. The summed E-state index contributed by atoms with van der Waals surface area (Å²) in [7, 11) is 1.80. The van der Waals surface area contributed by atoms with Gasteiger partial charge in [0.25, 0.3) is 11.8 Å². The van der Waals surface area contributed by atoms with Gasteiger partial charge in [-0.2, -0.15) is 0 Å². The molecule has 1 aromatic heterocycles. The summed E-state index contributed by atoms with van der Waals surface area (Å²) in [5, 5.41) is 0. The molecule has 1 atom stereocenters. The van der Waals surface area contributed by atoms with Crippen molar-refractivity contribution >= 4 is 5.91 Å². The molecule has 3 rings (SSSR count). The first kappa shape index (κ1) is 16.3. The fraction of sp³-hybridized carbons (Fsp3) is 0.733. The molecular formula is C15H22F2N4O2. The van der Waals surface area contributed by atoms with Gasteiger partial charge in [0, 0.05) is 51.4 Å². The van der Waals surface area contributed by atoms with Crippen LogP contribution in [-0.2, 0) is 11.8 Å². The molecule has 23 heavy (non-hydrogen) atoms. The Labute approximate surface area is 134 Å². The Morgan fingerprint density at radius 3 is 2.83 bits per heavy atom. The molecule has 2 fully saturated rings. The fourth-order valence-electron chi connectivity index (χ4n) is 3.27. The number of likely N-dealkylation sites (tertiary alicyclic amines) is 2. The van der Waals surface area contributed by atoms with Crippen LogP contribution in [0.4, 0.5) is 8.78 Å². The molecule has 8 heteroatoms. The normalized spacial score (nSPS) is 24.9. The van der Waals surface area contributed by atoms with Crippen LogP contribution in [0, 0.1) is 0 Å². The molecule has 1 amide bonds. The van der Waals surface area contributed by atoms with Crippen LogP contribution >= 0.6 is 0 Å². The van der Waals surface area contributed by atoms with Gasteiger partial charge < -0.3 is 14.2 Å². The van der Waals surface area contributed by atoms with Gasteiger partial charge in [-0.05, 0) is 6.92 Å². The van der Waals surface area contributed by atoms with Crippen LogP contribution in [0.5, 0.6) is 0 Å². The first-order valence-corrected chi connectivity index (χ1v) is 7.88. The monoisotopic (exact) mass is 328 g/mol. The van der Waals surface area contributed by atoms with Crippen molar-refractivity contribution < 1.29 is 18.3 Å². The lowest BCUT2D eigenvalue weighted by atomic mass is 10.1. The highest BCUT2D eigenvalue weighted by Crippen LogP contribution is 2.35. The van der Waals surface area contributed by atoms with Gasteiger partial charge >= 0.3 is 0 Å². The van der Waals surface area contributed by atoms with E-state index < -0.39 is 5.92 Å². The van der Waals surface area contributed by atoms with Gasteiger partial charge in [0.05, 0.1) is 19.5 Å². The maximum Gasteiger partial charge on any atom is 0.274 e. The SMILES string of the molecule is CCOC[C@@H]1CC(F)(F)CN1C1CN(C(=O)c2cn(C)cn2)C1. The predicted octanol–water partition coefficient (Wildman–Crippen LogP) is 0.991. The maximum absolute atomic E-state index is 13.7. The van der Waals surface area contributed by atoms with E-state index in [1.54, 1.807) is 33.9 Å². The number of rotatable bonds is 5. The predicted molar refractivity (Wildman–Crippen MR) is 79.5 cm³/mol. The number of aromatic nitrogens is 2. The molecule has 0 aromatic carbocycles. The molecule has 0 radical (unpaired) electrons. The molecule has 2 aliphatic rings. The topological polar surface area (TPSA) is 50.6 Å². The number of imidazole rings is 1. The average molecular weight is 328 g/mol. The van der Waals surface area contributed by atoms with Crippen molar-refractivity contribution in [2.24, 2.45) is 7.05 Å². The highest BCUT2D eigenvalue weighted by molar-refractivity contribution is 5.92. The Kier molecular flexibility index (Phi) is 4.37. The summed E-state index contributed by atoms with van der Waals surface area (Å²) in [6, 6.07) is -0.302. The van der Waals surface area contributed by atoms with Crippen LogP contribution in [0.25, 0.3) is 0 Å². The first-order chi connectivity index (χ1) is 10.9. The number of carbonyl (C=O) groups is 1. The van der Waals surface area contributed by atoms with Crippen molar-refractivity contribution in [2.45, 2.75) is 31.4 Å². The summed E-state index contributed by atoms with van der Waals surface area (Å²) < 4.78 is 34.5. The lowest BCUT2D eigenvalue weighted by Gasteiger charge is -2.45. The van der Waals surface area contributed by atoms with Gasteiger partial charge in [-0.15, -0.1) is 0 Å². The molecule has 0 spiro atoms. The number of aryl methyl sites for hydroxylation is 1. The molecule has 2 aliphatic heterocycles. The van der Waals surface area contributed by atoms with Gasteiger partial charge in [-0.25, -0.2) is 13.8 Å². The van der Waals surface area contributed by atoms with Crippen LogP contribution in [0.15, 0.2) is 12.5 Å². The zero-order chi connectivity index (χ0) is 16.6. The Hall–Kier alpha value is -1.54. The molecule has 0 N–H and O–H groups in total. The van der Waals surface area contributed by atoms with E-state index in [0.717, 1.165) is 0 Å². The highest BCUT2D eigenvalue weighted by Gasteiger charge is 2.50. The Morgan fingerprint density at radius 2 is 2.22 bits per heavy atom. The van der Waals surface area contributed by atoms with E-state index in [4.69, 9.17) is 4.74 Å². The zero-order valence-corrected chi connectivity index (χ0v) is 13.4. The van der Waals surface area contributed by atoms with E-state index in [2.05, 4.69) is 4.98 Å².